The van der Waals surface area contributed by atoms with E-state index in [0.717, 1.165) is 17.0 Å². The Labute approximate surface area is 201 Å². The lowest BCUT2D eigenvalue weighted by Gasteiger charge is -2.34. The third kappa shape index (κ3) is 5.07. The van der Waals surface area contributed by atoms with Crippen molar-refractivity contribution in [3.05, 3.63) is 94.5 Å². The maximum absolute atomic E-state index is 13.7. The topological polar surface area (TPSA) is 95.9 Å². The number of nitrogens with zero attached hydrogens (tertiary/aromatic N) is 1. The molecule has 7 nitrogen and oxygen atoms in total. The number of rotatable bonds is 5. The van der Waals surface area contributed by atoms with E-state index < -0.39 is 42.0 Å². The number of aliphatic carboxylic acids is 1. The summed E-state index contributed by atoms with van der Waals surface area (Å²) in [5.41, 5.74) is 0.374. The third-order valence-electron chi connectivity index (χ3n) is 5.29. The standard InChI is InChI=1S/C24H16ClF3N2O5/c25-15-8-11-18-17(12-15)22(32)30(20(23(33)34)13-4-2-1-3-5-13)19(21(31)29-18)14-6-9-16(10-7-14)35-24(26,27)28/h1-12,19-20H,(H,29,31)(H,33,34). The van der Waals surface area contributed by atoms with Gasteiger partial charge in [0.15, 0.2) is 6.04 Å². The maximum Gasteiger partial charge on any atom is 0.573 e. The molecule has 2 atom stereocenters. The average Bonchev–Trinajstić information content (AvgIpc) is 2.89. The van der Waals surface area contributed by atoms with Gasteiger partial charge < -0.3 is 20.1 Å². The summed E-state index contributed by atoms with van der Waals surface area (Å²) in [7, 11) is 0. The predicted octanol–water partition coefficient (Wildman–Crippen LogP) is 5.20. The van der Waals surface area contributed by atoms with E-state index in [4.69, 9.17) is 11.6 Å². The number of amides is 2. The number of hydrogen-bond donors (Lipinski definition) is 2. The van der Waals surface area contributed by atoms with Gasteiger partial charge in [-0.2, -0.15) is 0 Å². The van der Waals surface area contributed by atoms with Crippen molar-refractivity contribution in [3.8, 4) is 5.75 Å². The first-order chi connectivity index (χ1) is 16.5. The number of carbonyl (C=O) groups is 3. The number of anilines is 1. The lowest BCUT2D eigenvalue weighted by molar-refractivity contribution is -0.274. The van der Waals surface area contributed by atoms with E-state index in [1.807, 2.05) is 0 Å². The minimum atomic E-state index is -4.92. The Hall–Kier alpha value is -4.05. The van der Waals surface area contributed by atoms with Crippen LogP contribution in [0.15, 0.2) is 72.8 Å². The van der Waals surface area contributed by atoms with Crippen LogP contribution in [-0.2, 0) is 9.59 Å². The summed E-state index contributed by atoms with van der Waals surface area (Å²) in [6, 6.07) is 13.1. The molecule has 3 aromatic carbocycles. The molecule has 11 heteroatoms. The van der Waals surface area contributed by atoms with E-state index in [-0.39, 0.29) is 27.4 Å². The van der Waals surface area contributed by atoms with Gasteiger partial charge in [-0.05, 0) is 41.5 Å². The maximum atomic E-state index is 13.7. The molecular formula is C24H16ClF3N2O5. The number of benzene rings is 3. The van der Waals surface area contributed by atoms with Gasteiger partial charge in [0.2, 0.25) is 0 Å². The molecule has 0 saturated heterocycles. The zero-order valence-corrected chi connectivity index (χ0v) is 18.4. The molecule has 2 N–H and O–H groups in total. The summed E-state index contributed by atoms with van der Waals surface area (Å²) in [5.74, 6) is -3.52. The first-order valence-electron chi connectivity index (χ1n) is 10.1. The molecule has 180 valence electrons. The minimum absolute atomic E-state index is 0.0347. The summed E-state index contributed by atoms with van der Waals surface area (Å²) >= 11 is 6.06. The Balaban J connectivity index is 1.88. The van der Waals surface area contributed by atoms with E-state index in [0.29, 0.717) is 0 Å². The molecular weight excluding hydrogens is 489 g/mol. The van der Waals surface area contributed by atoms with Crippen LogP contribution in [0.3, 0.4) is 0 Å². The van der Waals surface area contributed by atoms with Crippen LogP contribution in [0.4, 0.5) is 18.9 Å². The van der Waals surface area contributed by atoms with Crippen molar-refractivity contribution in [2.24, 2.45) is 0 Å². The molecule has 2 amide bonds. The van der Waals surface area contributed by atoms with Crippen molar-refractivity contribution in [1.29, 1.82) is 0 Å². The molecule has 0 aromatic heterocycles. The van der Waals surface area contributed by atoms with Crippen LogP contribution < -0.4 is 10.1 Å². The fraction of sp³-hybridized carbons (Fsp3) is 0.125. The van der Waals surface area contributed by atoms with Gasteiger partial charge in [-0.3, -0.25) is 9.59 Å². The molecule has 0 spiro atoms. The molecule has 1 aliphatic heterocycles. The van der Waals surface area contributed by atoms with Crippen LogP contribution in [-0.4, -0.2) is 34.2 Å². The number of carboxylic acids is 1. The van der Waals surface area contributed by atoms with Gasteiger partial charge in [-0.1, -0.05) is 54.1 Å². The first-order valence-corrected chi connectivity index (χ1v) is 10.5. The Morgan fingerprint density at radius 1 is 1.03 bits per heavy atom. The second kappa shape index (κ2) is 9.30. The summed E-state index contributed by atoms with van der Waals surface area (Å²) in [6.07, 6.45) is -4.92. The minimum Gasteiger partial charge on any atom is -0.479 e. The highest BCUT2D eigenvalue weighted by Crippen LogP contribution is 2.39. The number of nitrogens with one attached hydrogen (secondary N) is 1. The molecule has 1 aliphatic rings. The van der Waals surface area contributed by atoms with Crippen LogP contribution in [0.2, 0.25) is 5.02 Å². The molecule has 0 fully saturated rings. The van der Waals surface area contributed by atoms with Gasteiger partial charge in [-0.15, -0.1) is 13.2 Å². The van der Waals surface area contributed by atoms with Crippen LogP contribution in [0.1, 0.15) is 33.6 Å². The molecule has 4 rings (SSSR count). The van der Waals surface area contributed by atoms with Gasteiger partial charge in [0, 0.05) is 5.02 Å². The number of carbonyl (C=O) groups excluding carboxylic acids is 2. The highest BCUT2D eigenvalue weighted by atomic mass is 35.5. The fourth-order valence-electron chi connectivity index (χ4n) is 3.87. The number of ether oxygens (including phenoxy) is 1. The van der Waals surface area contributed by atoms with E-state index in [1.165, 1.54) is 42.5 Å². The Morgan fingerprint density at radius 3 is 2.29 bits per heavy atom. The third-order valence-corrected chi connectivity index (χ3v) is 5.52. The van der Waals surface area contributed by atoms with Crippen LogP contribution >= 0.6 is 11.6 Å². The number of carboxylic acid groups (broad SMARTS) is 1. The highest BCUT2D eigenvalue weighted by Gasteiger charge is 2.44. The number of fused-ring (bicyclic) bond motifs is 1. The second-order valence-electron chi connectivity index (χ2n) is 7.56. The Kier molecular flexibility index (Phi) is 6.40. The number of halogens is 4. The lowest BCUT2D eigenvalue weighted by Crippen LogP contribution is -2.44. The van der Waals surface area contributed by atoms with Gasteiger partial charge in [0.1, 0.15) is 11.8 Å². The van der Waals surface area contributed by atoms with E-state index in [2.05, 4.69) is 10.1 Å². The number of hydrogen-bond acceptors (Lipinski definition) is 4. The van der Waals surface area contributed by atoms with Crippen molar-refractivity contribution < 1.29 is 37.4 Å². The molecule has 1 heterocycles. The monoisotopic (exact) mass is 504 g/mol. The fourth-order valence-corrected chi connectivity index (χ4v) is 4.05. The summed E-state index contributed by atoms with van der Waals surface area (Å²) in [5, 5.41) is 12.9. The van der Waals surface area contributed by atoms with E-state index >= 15 is 0 Å². The van der Waals surface area contributed by atoms with Crippen molar-refractivity contribution in [3.63, 3.8) is 0 Å². The first kappa shape index (κ1) is 24.1. The largest absolute Gasteiger partial charge is 0.573 e. The molecule has 0 bridgehead atoms. The van der Waals surface area contributed by atoms with Crippen LogP contribution in [0, 0.1) is 0 Å². The zero-order valence-electron chi connectivity index (χ0n) is 17.6. The quantitative estimate of drug-likeness (QED) is 0.498. The van der Waals surface area contributed by atoms with Crippen molar-refractivity contribution in [1.82, 2.24) is 4.90 Å². The lowest BCUT2D eigenvalue weighted by atomic mass is 9.97. The Morgan fingerprint density at radius 2 is 1.69 bits per heavy atom. The summed E-state index contributed by atoms with van der Waals surface area (Å²) < 4.78 is 41.6. The van der Waals surface area contributed by atoms with Crippen molar-refractivity contribution in [2.75, 3.05) is 5.32 Å². The van der Waals surface area contributed by atoms with Gasteiger partial charge in [-0.25, -0.2) is 4.79 Å². The highest BCUT2D eigenvalue weighted by molar-refractivity contribution is 6.31. The van der Waals surface area contributed by atoms with Crippen molar-refractivity contribution >= 4 is 35.1 Å². The number of alkyl halides is 3. The molecule has 3 aromatic rings. The molecule has 35 heavy (non-hydrogen) atoms. The molecule has 0 radical (unpaired) electrons. The van der Waals surface area contributed by atoms with Gasteiger partial charge >= 0.3 is 12.3 Å². The van der Waals surface area contributed by atoms with Gasteiger partial charge in [0.05, 0.1) is 11.3 Å². The summed E-state index contributed by atoms with van der Waals surface area (Å²) in [6.45, 7) is 0. The normalized spacial score (nSPS) is 16.7. The second-order valence-corrected chi connectivity index (χ2v) is 8.00. The van der Waals surface area contributed by atoms with Gasteiger partial charge in [0.25, 0.3) is 11.8 Å². The van der Waals surface area contributed by atoms with Crippen LogP contribution in [0.25, 0.3) is 0 Å². The average molecular weight is 505 g/mol. The zero-order chi connectivity index (χ0) is 25.3. The predicted molar refractivity (Wildman–Crippen MR) is 119 cm³/mol. The molecule has 2 unspecified atom stereocenters. The van der Waals surface area contributed by atoms with E-state index in [9.17, 15) is 32.7 Å². The van der Waals surface area contributed by atoms with Crippen molar-refractivity contribution in [2.45, 2.75) is 18.4 Å². The SMILES string of the molecule is O=C(O)C(c1ccccc1)N1C(=O)c2cc(Cl)ccc2NC(=O)C1c1ccc(OC(F)(F)F)cc1. The molecule has 0 saturated carbocycles. The van der Waals surface area contributed by atoms with Crippen LogP contribution in [0.5, 0.6) is 5.75 Å². The van der Waals surface area contributed by atoms with E-state index in [1.54, 1.807) is 18.2 Å². The molecule has 0 aliphatic carbocycles. The summed E-state index contributed by atoms with van der Waals surface area (Å²) in [4.78, 5) is 40.4. The Bertz CT molecular complexity index is 1280. The smallest absolute Gasteiger partial charge is 0.479 e.